The number of hydrogen-bond acceptors (Lipinski definition) is 4. The van der Waals surface area contributed by atoms with Crippen LogP contribution in [-0.2, 0) is 14.4 Å². The third-order valence-corrected chi connectivity index (χ3v) is 3.33. The highest BCUT2D eigenvalue weighted by Crippen LogP contribution is 2.15. The predicted octanol–water partition coefficient (Wildman–Crippen LogP) is 1.42. The smallest absolute Gasteiger partial charge is 0.303 e. The molecule has 0 atom stereocenters. The zero-order chi connectivity index (χ0) is 13.5. The highest BCUT2D eigenvalue weighted by molar-refractivity contribution is 8.13. The van der Waals surface area contributed by atoms with E-state index in [1.54, 1.807) is 6.92 Å². The second kappa shape index (κ2) is 7.32. The molecule has 0 aliphatic rings. The van der Waals surface area contributed by atoms with Gasteiger partial charge in [-0.15, -0.1) is 0 Å². The van der Waals surface area contributed by atoms with Gasteiger partial charge in [-0.1, -0.05) is 18.7 Å². The first-order chi connectivity index (χ1) is 7.76. The lowest BCUT2D eigenvalue weighted by atomic mass is 10.1. The van der Waals surface area contributed by atoms with Crippen LogP contribution in [0, 0.1) is 0 Å². The van der Waals surface area contributed by atoms with E-state index in [1.165, 1.54) is 0 Å². The quantitative estimate of drug-likeness (QED) is 0.724. The van der Waals surface area contributed by atoms with E-state index in [4.69, 9.17) is 5.11 Å². The largest absolute Gasteiger partial charge is 0.481 e. The van der Waals surface area contributed by atoms with E-state index in [1.807, 2.05) is 13.8 Å². The van der Waals surface area contributed by atoms with Gasteiger partial charge in [-0.2, -0.15) is 0 Å². The van der Waals surface area contributed by atoms with Gasteiger partial charge in [0.15, 0.2) is 5.12 Å². The van der Waals surface area contributed by atoms with E-state index in [9.17, 15) is 14.4 Å². The summed E-state index contributed by atoms with van der Waals surface area (Å²) in [6, 6.07) is 0. The van der Waals surface area contributed by atoms with Gasteiger partial charge in [-0.3, -0.25) is 14.4 Å². The van der Waals surface area contributed by atoms with Crippen molar-refractivity contribution >= 4 is 28.8 Å². The third kappa shape index (κ3) is 8.74. The molecule has 1 amide bonds. The first kappa shape index (κ1) is 16.0. The molecule has 0 aliphatic heterocycles. The van der Waals surface area contributed by atoms with Crippen molar-refractivity contribution in [3.05, 3.63) is 0 Å². The standard InChI is InChI=1S/C11H19NO4S/c1-4-8(13)12-11(2,3)7-17-10(16)6-5-9(14)15/h4-7H2,1-3H3,(H,12,13)(H,14,15). The van der Waals surface area contributed by atoms with Crippen molar-refractivity contribution in [1.29, 1.82) is 0 Å². The Morgan fingerprint density at radius 1 is 1.24 bits per heavy atom. The number of rotatable bonds is 7. The van der Waals surface area contributed by atoms with E-state index >= 15 is 0 Å². The number of carbonyl (C=O) groups excluding carboxylic acids is 2. The van der Waals surface area contributed by atoms with Crippen LogP contribution < -0.4 is 5.32 Å². The number of carboxylic acid groups (broad SMARTS) is 1. The number of hydrogen-bond donors (Lipinski definition) is 2. The highest BCUT2D eigenvalue weighted by Gasteiger charge is 2.21. The number of carboxylic acids is 1. The van der Waals surface area contributed by atoms with Crippen molar-refractivity contribution < 1.29 is 19.5 Å². The molecule has 0 bridgehead atoms. The Morgan fingerprint density at radius 2 is 1.82 bits per heavy atom. The predicted molar refractivity (Wildman–Crippen MR) is 66.8 cm³/mol. The minimum absolute atomic E-state index is 0.0256. The molecule has 0 spiro atoms. The molecule has 17 heavy (non-hydrogen) atoms. The molecule has 0 aromatic heterocycles. The van der Waals surface area contributed by atoms with Gasteiger partial charge in [-0.25, -0.2) is 0 Å². The van der Waals surface area contributed by atoms with E-state index < -0.39 is 11.5 Å². The van der Waals surface area contributed by atoms with Crippen LogP contribution >= 0.6 is 11.8 Å². The molecule has 2 N–H and O–H groups in total. The van der Waals surface area contributed by atoms with Crippen LogP contribution in [0.25, 0.3) is 0 Å². The molecule has 0 rings (SSSR count). The van der Waals surface area contributed by atoms with Crippen molar-refractivity contribution in [2.45, 2.75) is 45.6 Å². The summed E-state index contributed by atoms with van der Waals surface area (Å²) in [6.45, 7) is 5.42. The lowest BCUT2D eigenvalue weighted by Gasteiger charge is -2.25. The second-order valence-corrected chi connectivity index (χ2v) is 5.37. The molecule has 0 fully saturated rings. The summed E-state index contributed by atoms with van der Waals surface area (Å²) in [4.78, 5) is 32.8. The Balaban J connectivity index is 3.96. The number of aliphatic carboxylic acids is 1. The maximum atomic E-state index is 11.3. The highest BCUT2D eigenvalue weighted by atomic mass is 32.2. The Hall–Kier alpha value is -1.04. The molecule has 0 saturated heterocycles. The van der Waals surface area contributed by atoms with Crippen LogP contribution in [0.15, 0.2) is 0 Å². The molecule has 0 aliphatic carbocycles. The maximum absolute atomic E-state index is 11.3. The zero-order valence-electron chi connectivity index (χ0n) is 10.4. The van der Waals surface area contributed by atoms with E-state index in [0.29, 0.717) is 12.2 Å². The normalized spacial score (nSPS) is 11.0. The summed E-state index contributed by atoms with van der Waals surface area (Å²) in [6.07, 6.45) is 0.284. The van der Waals surface area contributed by atoms with E-state index in [-0.39, 0.29) is 23.9 Å². The van der Waals surface area contributed by atoms with Crippen LogP contribution in [0.4, 0.5) is 0 Å². The zero-order valence-corrected chi connectivity index (χ0v) is 11.2. The monoisotopic (exact) mass is 261 g/mol. The van der Waals surface area contributed by atoms with Crippen molar-refractivity contribution in [3.8, 4) is 0 Å². The molecule has 0 unspecified atom stereocenters. The molecule has 98 valence electrons. The average Bonchev–Trinajstić information content (AvgIpc) is 2.22. The lowest BCUT2D eigenvalue weighted by molar-refractivity contribution is -0.138. The van der Waals surface area contributed by atoms with Gasteiger partial charge in [0.2, 0.25) is 5.91 Å². The first-order valence-corrected chi connectivity index (χ1v) is 6.44. The lowest BCUT2D eigenvalue weighted by Crippen LogP contribution is -2.45. The molecule has 0 aromatic carbocycles. The Morgan fingerprint density at radius 3 is 2.29 bits per heavy atom. The molecule has 6 heteroatoms. The van der Waals surface area contributed by atoms with Gasteiger partial charge in [0.05, 0.1) is 6.42 Å². The SMILES string of the molecule is CCC(=O)NC(C)(C)CSC(=O)CCC(=O)O. The fraction of sp³-hybridized carbons (Fsp3) is 0.727. The topological polar surface area (TPSA) is 83.5 Å². The molecule has 0 radical (unpaired) electrons. The summed E-state index contributed by atoms with van der Waals surface area (Å²) in [5.74, 6) is -0.594. The summed E-state index contributed by atoms with van der Waals surface area (Å²) < 4.78 is 0. The van der Waals surface area contributed by atoms with E-state index in [2.05, 4.69) is 5.32 Å². The Bertz CT molecular complexity index is 302. The van der Waals surface area contributed by atoms with Gasteiger partial charge < -0.3 is 10.4 Å². The van der Waals surface area contributed by atoms with Crippen LogP contribution in [0.1, 0.15) is 40.0 Å². The Labute approximate surface area is 105 Å². The molecule has 0 aromatic rings. The number of carbonyl (C=O) groups is 3. The fourth-order valence-electron chi connectivity index (χ4n) is 1.04. The van der Waals surface area contributed by atoms with E-state index in [0.717, 1.165) is 11.8 Å². The molecule has 0 saturated carbocycles. The third-order valence-electron chi connectivity index (χ3n) is 1.94. The summed E-state index contributed by atoms with van der Waals surface area (Å²) in [5, 5.41) is 11.1. The van der Waals surface area contributed by atoms with Crippen molar-refractivity contribution in [2.75, 3.05) is 5.75 Å². The second-order valence-electron chi connectivity index (χ2n) is 4.34. The average molecular weight is 261 g/mol. The van der Waals surface area contributed by atoms with Crippen molar-refractivity contribution in [1.82, 2.24) is 5.32 Å². The molecular formula is C11H19NO4S. The molecule has 0 heterocycles. The number of thioether (sulfide) groups is 1. The number of nitrogens with one attached hydrogen (secondary N) is 1. The maximum Gasteiger partial charge on any atom is 0.303 e. The van der Waals surface area contributed by atoms with Crippen LogP contribution in [0.3, 0.4) is 0 Å². The number of amides is 1. The van der Waals surface area contributed by atoms with Gasteiger partial charge in [0.25, 0.3) is 0 Å². The van der Waals surface area contributed by atoms with Gasteiger partial charge in [0, 0.05) is 24.1 Å². The fourth-order valence-corrected chi connectivity index (χ4v) is 1.88. The summed E-state index contributed by atoms with van der Waals surface area (Å²) in [5.41, 5.74) is -0.462. The van der Waals surface area contributed by atoms with Crippen LogP contribution in [-0.4, -0.2) is 33.4 Å². The van der Waals surface area contributed by atoms with Crippen molar-refractivity contribution in [2.24, 2.45) is 0 Å². The summed E-state index contributed by atoms with van der Waals surface area (Å²) in [7, 11) is 0. The minimum Gasteiger partial charge on any atom is -0.481 e. The van der Waals surface area contributed by atoms with Crippen molar-refractivity contribution in [3.63, 3.8) is 0 Å². The molecule has 5 nitrogen and oxygen atoms in total. The van der Waals surface area contributed by atoms with Crippen LogP contribution in [0.5, 0.6) is 0 Å². The first-order valence-electron chi connectivity index (χ1n) is 5.45. The van der Waals surface area contributed by atoms with Gasteiger partial charge in [0.1, 0.15) is 0 Å². The molecular weight excluding hydrogens is 242 g/mol. The van der Waals surface area contributed by atoms with Crippen LogP contribution in [0.2, 0.25) is 0 Å². The minimum atomic E-state index is -0.975. The van der Waals surface area contributed by atoms with Gasteiger partial charge in [-0.05, 0) is 13.8 Å². The Kier molecular flexibility index (Phi) is 6.87. The summed E-state index contributed by atoms with van der Waals surface area (Å²) >= 11 is 1.06. The van der Waals surface area contributed by atoms with Gasteiger partial charge >= 0.3 is 5.97 Å².